The number of hydrogen-bond donors (Lipinski definition) is 0. The van der Waals surface area contributed by atoms with Gasteiger partial charge in [0.25, 0.3) is 0 Å². The van der Waals surface area contributed by atoms with Gasteiger partial charge in [0.05, 0.1) is 0 Å². The summed E-state index contributed by atoms with van der Waals surface area (Å²) in [5, 5.41) is 0. The Hall–Kier alpha value is -0.850. The summed E-state index contributed by atoms with van der Waals surface area (Å²) in [7, 11) is 0. The van der Waals surface area contributed by atoms with Crippen molar-refractivity contribution in [3.05, 3.63) is 30.1 Å². The van der Waals surface area contributed by atoms with E-state index in [4.69, 9.17) is 0 Å². The molecule has 1 aromatic rings. The first-order valence-corrected chi connectivity index (χ1v) is 9.34. The molecule has 0 bridgehead atoms. The summed E-state index contributed by atoms with van der Waals surface area (Å²) in [6.45, 7) is 5.68. The molecule has 0 atom stereocenters. The molecule has 1 nitrogen and oxygen atoms in total. The summed E-state index contributed by atoms with van der Waals surface area (Å²) in [5.41, 5.74) is 1.44. The number of hydrogen-bond acceptors (Lipinski definition) is 0. The minimum absolute atomic E-state index is 1.14. The average molecular weight is 291 g/mol. The first-order chi connectivity index (χ1) is 10.4. The first kappa shape index (κ1) is 18.2. The minimum atomic E-state index is 1.14. The largest absolute Gasteiger partial charge is 0.205 e. The van der Waals surface area contributed by atoms with Crippen molar-refractivity contribution < 1.29 is 4.57 Å². The highest BCUT2D eigenvalue weighted by Crippen LogP contribution is 2.11. The van der Waals surface area contributed by atoms with Crippen LogP contribution in [-0.2, 0) is 13.0 Å². The molecule has 0 unspecified atom stereocenters. The van der Waals surface area contributed by atoms with Crippen molar-refractivity contribution in [2.24, 2.45) is 0 Å². The molecule has 0 aliphatic heterocycles. The fraction of sp³-hybridized carbons (Fsp3) is 0.750. The van der Waals surface area contributed by atoms with Gasteiger partial charge in [0.15, 0.2) is 12.4 Å². The third kappa shape index (κ3) is 9.66. The highest BCUT2D eigenvalue weighted by Gasteiger charge is 2.00. The van der Waals surface area contributed by atoms with Crippen LogP contribution in [0.1, 0.15) is 90.0 Å². The Bertz CT molecular complexity index is 328. The molecule has 1 aromatic heterocycles. The Morgan fingerprint density at radius 3 is 1.62 bits per heavy atom. The van der Waals surface area contributed by atoms with Crippen LogP contribution in [-0.4, -0.2) is 0 Å². The SMILES string of the molecule is CCCCCCCCCCCCC[n+]1ccc(CC)cc1. The lowest BCUT2D eigenvalue weighted by atomic mass is 10.1. The number of aryl methyl sites for hydroxylation is 2. The lowest BCUT2D eigenvalue weighted by Crippen LogP contribution is -2.32. The van der Waals surface area contributed by atoms with Gasteiger partial charge in [-0.3, -0.25) is 0 Å². The summed E-state index contributed by atoms with van der Waals surface area (Å²) in [6, 6.07) is 4.50. The highest BCUT2D eigenvalue weighted by molar-refractivity contribution is 5.06. The molecule has 0 amide bonds. The van der Waals surface area contributed by atoms with Crippen molar-refractivity contribution in [1.82, 2.24) is 0 Å². The molecule has 0 radical (unpaired) electrons. The Labute approximate surface area is 132 Å². The van der Waals surface area contributed by atoms with Gasteiger partial charge in [-0.25, -0.2) is 4.57 Å². The van der Waals surface area contributed by atoms with Crippen LogP contribution < -0.4 is 4.57 Å². The Morgan fingerprint density at radius 2 is 1.14 bits per heavy atom. The van der Waals surface area contributed by atoms with Crippen LogP contribution in [0.15, 0.2) is 24.5 Å². The second kappa shape index (κ2) is 12.9. The maximum absolute atomic E-state index is 2.33. The topological polar surface area (TPSA) is 3.88 Å². The zero-order valence-corrected chi connectivity index (χ0v) is 14.4. The van der Waals surface area contributed by atoms with Crippen molar-refractivity contribution in [3.8, 4) is 0 Å². The molecule has 0 fully saturated rings. The molecule has 1 heterocycles. The van der Waals surface area contributed by atoms with Crippen LogP contribution >= 0.6 is 0 Å². The second-order valence-electron chi connectivity index (χ2n) is 6.33. The number of aromatic nitrogens is 1. The third-order valence-electron chi connectivity index (χ3n) is 4.39. The molecule has 21 heavy (non-hydrogen) atoms. The van der Waals surface area contributed by atoms with Crippen molar-refractivity contribution in [3.63, 3.8) is 0 Å². The van der Waals surface area contributed by atoms with Crippen LogP contribution in [0.5, 0.6) is 0 Å². The molecule has 1 heteroatoms. The third-order valence-corrected chi connectivity index (χ3v) is 4.39. The first-order valence-electron chi connectivity index (χ1n) is 9.34. The summed E-state index contributed by atoms with van der Waals surface area (Å²) in [5.74, 6) is 0. The van der Waals surface area contributed by atoms with Gasteiger partial charge >= 0.3 is 0 Å². The van der Waals surface area contributed by atoms with Crippen LogP contribution in [0, 0.1) is 0 Å². The van der Waals surface area contributed by atoms with Crippen LogP contribution in [0.25, 0.3) is 0 Å². The lowest BCUT2D eigenvalue weighted by Gasteiger charge is -2.02. The predicted molar refractivity (Wildman–Crippen MR) is 92.5 cm³/mol. The maximum Gasteiger partial charge on any atom is 0.169 e. The molecule has 0 saturated carbocycles. The van der Waals surface area contributed by atoms with Gasteiger partial charge in [0.1, 0.15) is 6.54 Å². The van der Waals surface area contributed by atoms with E-state index in [0.717, 1.165) is 6.42 Å². The van der Waals surface area contributed by atoms with Crippen LogP contribution in [0.3, 0.4) is 0 Å². The summed E-state index contributed by atoms with van der Waals surface area (Å²) >= 11 is 0. The Balaban J connectivity index is 1.88. The van der Waals surface area contributed by atoms with Crippen molar-refractivity contribution >= 4 is 0 Å². The van der Waals surface area contributed by atoms with E-state index in [1.54, 1.807) is 0 Å². The van der Waals surface area contributed by atoms with Crippen LogP contribution in [0.2, 0.25) is 0 Å². The zero-order valence-electron chi connectivity index (χ0n) is 14.4. The van der Waals surface area contributed by atoms with Gasteiger partial charge in [-0.05, 0) is 18.4 Å². The number of nitrogens with zero attached hydrogens (tertiary/aromatic N) is 1. The minimum Gasteiger partial charge on any atom is -0.205 e. The number of unbranched alkanes of at least 4 members (excludes halogenated alkanes) is 10. The van der Waals surface area contributed by atoms with E-state index in [2.05, 4.69) is 42.9 Å². The van der Waals surface area contributed by atoms with Gasteiger partial charge in [0, 0.05) is 18.6 Å². The molecule has 0 N–H and O–H groups in total. The molecule has 0 aromatic carbocycles. The van der Waals surface area contributed by atoms with E-state index in [9.17, 15) is 0 Å². The second-order valence-corrected chi connectivity index (χ2v) is 6.33. The summed E-state index contributed by atoms with van der Waals surface area (Å²) in [6.07, 6.45) is 21.2. The fourth-order valence-corrected chi connectivity index (χ4v) is 2.83. The van der Waals surface area contributed by atoms with Crippen molar-refractivity contribution in [1.29, 1.82) is 0 Å². The van der Waals surface area contributed by atoms with Gasteiger partial charge in [0.2, 0.25) is 0 Å². The van der Waals surface area contributed by atoms with Gasteiger partial charge in [-0.15, -0.1) is 0 Å². The van der Waals surface area contributed by atoms with Gasteiger partial charge in [-0.2, -0.15) is 0 Å². The molecule has 0 saturated heterocycles. The van der Waals surface area contributed by atoms with Crippen LogP contribution in [0.4, 0.5) is 0 Å². The van der Waals surface area contributed by atoms with E-state index in [0.29, 0.717) is 0 Å². The predicted octanol–water partition coefficient (Wildman–Crippen LogP) is 5.85. The molecule has 0 aliphatic rings. The Morgan fingerprint density at radius 1 is 0.667 bits per heavy atom. The van der Waals surface area contributed by atoms with E-state index in [-0.39, 0.29) is 0 Å². The molecular formula is C20H36N+. The summed E-state index contributed by atoms with van der Waals surface area (Å²) < 4.78 is 2.33. The standard InChI is InChI=1S/C20H36N/c1-3-5-6-7-8-9-10-11-12-13-14-17-21-18-15-20(4-2)16-19-21/h15-16,18-19H,3-14,17H2,1-2H3/q+1. The van der Waals surface area contributed by atoms with E-state index in [1.807, 2.05) is 0 Å². The summed E-state index contributed by atoms with van der Waals surface area (Å²) in [4.78, 5) is 0. The fourth-order valence-electron chi connectivity index (χ4n) is 2.83. The Kier molecular flexibility index (Phi) is 11.1. The van der Waals surface area contributed by atoms with E-state index >= 15 is 0 Å². The number of pyridine rings is 1. The van der Waals surface area contributed by atoms with Crippen molar-refractivity contribution in [2.45, 2.75) is 97.4 Å². The highest BCUT2D eigenvalue weighted by atomic mass is 14.9. The number of rotatable bonds is 13. The molecule has 1 rings (SSSR count). The zero-order chi connectivity index (χ0) is 15.2. The maximum atomic E-state index is 2.33. The average Bonchev–Trinajstić information content (AvgIpc) is 2.53. The monoisotopic (exact) mass is 290 g/mol. The molecule has 0 spiro atoms. The van der Waals surface area contributed by atoms with Crippen molar-refractivity contribution in [2.75, 3.05) is 0 Å². The van der Waals surface area contributed by atoms with E-state index in [1.165, 1.54) is 82.7 Å². The molecular weight excluding hydrogens is 254 g/mol. The lowest BCUT2D eigenvalue weighted by molar-refractivity contribution is -0.697. The quantitative estimate of drug-likeness (QED) is 0.317. The normalized spacial score (nSPS) is 11.0. The smallest absolute Gasteiger partial charge is 0.169 e. The molecule has 120 valence electrons. The molecule has 0 aliphatic carbocycles. The van der Waals surface area contributed by atoms with Gasteiger partial charge in [-0.1, -0.05) is 71.6 Å². The van der Waals surface area contributed by atoms with Gasteiger partial charge < -0.3 is 0 Å². The van der Waals surface area contributed by atoms with E-state index < -0.39 is 0 Å².